The van der Waals surface area contributed by atoms with E-state index in [4.69, 9.17) is 0 Å². The fourth-order valence-electron chi connectivity index (χ4n) is 0.712. The molecular formula is C7H12S2. The van der Waals surface area contributed by atoms with Crippen LogP contribution < -0.4 is 0 Å². The maximum absolute atomic E-state index is 2.33. The Morgan fingerprint density at radius 2 is 2.33 bits per heavy atom. The molecule has 0 nitrogen and oxygen atoms in total. The van der Waals surface area contributed by atoms with E-state index in [9.17, 15) is 0 Å². The molecule has 1 aliphatic rings. The summed E-state index contributed by atoms with van der Waals surface area (Å²) in [6, 6.07) is 0. The maximum atomic E-state index is 2.33. The molecule has 0 amide bonds. The van der Waals surface area contributed by atoms with Gasteiger partial charge >= 0.3 is 0 Å². The number of rotatable bonds is 1. The SMILES string of the molecule is CC(C)C1C=CCSS1. The Morgan fingerprint density at radius 1 is 1.56 bits per heavy atom. The third-order valence-electron chi connectivity index (χ3n) is 1.33. The normalized spacial score (nSPS) is 27.2. The smallest absolute Gasteiger partial charge is 0.0354 e. The van der Waals surface area contributed by atoms with Gasteiger partial charge in [-0.2, -0.15) is 0 Å². The Balaban J connectivity index is 2.40. The first-order chi connectivity index (χ1) is 4.30. The minimum atomic E-state index is 0.753. The van der Waals surface area contributed by atoms with Crippen molar-refractivity contribution in [3.63, 3.8) is 0 Å². The zero-order chi connectivity index (χ0) is 6.69. The Labute approximate surface area is 64.9 Å². The lowest BCUT2D eigenvalue weighted by Gasteiger charge is -2.17. The largest absolute Gasteiger partial charge is 0.0894 e. The summed E-state index contributed by atoms with van der Waals surface area (Å²) in [7, 11) is 3.96. The predicted octanol–water partition coefficient (Wildman–Crippen LogP) is 2.96. The molecule has 0 N–H and O–H groups in total. The molecule has 1 atom stereocenters. The Bertz CT molecular complexity index is 107. The van der Waals surface area contributed by atoms with E-state index < -0.39 is 0 Å². The average molecular weight is 160 g/mol. The monoisotopic (exact) mass is 160 g/mol. The highest BCUT2D eigenvalue weighted by molar-refractivity contribution is 8.77. The van der Waals surface area contributed by atoms with Crippen LogP contribution in [0.4, 0.5) is 0 Å². The van der Waals surface area contributed by atoms with Gasteiger partial charge in [0.2, 0.25) is 0 Å². The summed E-state index contributed by atoms with van der Waals surface area (Å²) in [5.74, 6) is 1.98. The van der Waals surface area contributed by atoms with Gasteiger partial charge in [-0.1, -0.05) is 47.6 Å². The summed E-state index contributed by atoms with van der Waals surface area (Å²) in [4.78, 5) is 0. The molecule has 9 heavy (non-hydrogen) atoms. The molecule has 0 saturated carbocycles. The van der Waals surface area contributed by atoms with E-state index in [1.807, 2.05) is 21.6 Å². The first-order valence-corrected chi connectivity index (χ1v) is 5.64. The van der Waals surface area contributed by atoms with Crippen molar-refractivity contribution in [2.75, 3.05) is 5.75 Å². The highest BCUT2D eigenvalue weighted by atomic mass is 33.1. The standard InChI is InChI=1S/C7H12S2/c1-6(2)7-4-3-5-8-9-7/h3-4,6-7H,5H2,1-2H3. The van der Waals surface area contributed by atoms with Crippen LogP contribution in [0.25, 0.3) is 0 Å². The van der Waals surface area contributed by atoms with E-state index in [0.29, 0.717) is 0 Å². The lowest BCUT2D eigenvalue weighted by atomic mass is 10.1. The summed E-state index contributed by atoms with van der Waals surface area (Å²) in [6.45, 7) is 4.54. The topological polar surface area (TPSA) is 0 Å². The van der Waals surface area contributed by atoms with Crippen LogP contribution in [0.1, 0.15) is 13.8 Å². The second kappa shape index (κ2) is 3.57. The minimum absolute atomic E-state index is 0.753. The van der Waals surface area contributed by atoms with Crippen LogP contribution in [0, 0.1) is 5.92 Å². The van der Waals surface area contributed by atoms with Gasteiger partial charge in [0.15, 0.2) is 0 Å². The van der Waals surface area contributed by atoms with Crippen molar-refractivity contribution in [2.45, 2.75) is 19.1 Å². The molecule has 0 aliphatic carbocycles. The molecule has 1 aliphatic heterocycles. The minimum Gasteiger partial charge on any atom is -0.0894 e. The van der Waals surface area contributed by atoms with Gasteiger partial charge in [0.25, 0.3) is 0 Å². The van der Waals surface area contributed by atoms with Gasteiger partial charge in [0, 0.05) is 11.0 Å². The van der Waals surface area contributed by atoms with E-state index in [1.165, 1.54) is 5.75 Å². The van der Waals surface area contributed by atoms with Crippen molar-refractivity contribution in [3.05, 3.63) is 12.2 Å². The van der Waals surface area contributed by atoms with Gasteiger partial charge < -0.3 is 0 Å². The first-order valence-electron chi connectivity index (χ1n) is 3.25. The van der Waals surface area contributed by atoms with E-state index in [1.54, 1.807) is 0 Å². The lowest BCUT2D eigenvalue weighted by molar-refractivity contribution is 0.680. The highest BCUT2D eigenvalue weighted by Gasteiger charge is 2.12. The van der Waals surface area contributed by atoms with Crippen LogP contribution in [0.5, 0.6) is 0 Å². The predicted molar refractivity (Wildman–Crippen MR) is 47.8 cm³/mol. The van der Waals surface area contributed by atoms with Crippen molar-refractivity contribution in [1.82, 2.24) is 0 Å². The van der Waals surface area contributed by atoms with Crippen LogP contribution in [0.3, 0.4) is 0 Å². The Morgan fingerprint density at radius 3 is 2.67 bits per heavy atom. The Hall–Kier alpha value is 0.440. The molecular weight excluding hydrogens is 148 g/mol. The van der Waals surface area contributed by atoms with Gasteiger partial charge in [0.05, 0.1) is 0 Å². The fourth-order valence-corrected chi connectivity index (χ4v) is 3.34. The molecule has 1 unspecified atom stereocenters. The molecule has 2 heteroatoms. The zero-order valence-corrected chi connectivity index (χ0v) is 7.47. The van der Waals surface area contributed by atoms with Gasteiger partial charge in [-0.3, -0.25) is 0 Å². The van der Waals surface area contributed by atoms with Crippen molar-refractivity contribution >= 4 is 21.6 Å². The van der Waals surface area contributed by atoms with Crippen LogP contribution >= 0.6 is 21.6 Å². The van der Waals surface area contributed by atoms with Crippen molar-refractivity contribution in [1.29, 1.82) is 0 Å². The molecule has 0 saturated heterocycles. The highest BCUT2D eigenvalue weighted by Crippen LogP contribution is 2.35. The van der Waals surface area contributed by atoms with Crippen molar-refractivity contribution in [3.8, 4) is 0 Å². The third kappa shape index (κ3) is 2.26. The van der Waals surface area contributed by atoms with Gasteiger partial charge in [0.1, 0.15) is 0 Å². The average Bonchev–Trinajstić information content (AvgIpc) is 1.90. The van der Waals surface area contributed by atoms with Crippen molar-refractivity contribution in [2.24, 2.45) is 5.92 Å². The zero-order valence-electron chi connectivity index (χ0n) is 5.83. The third-order valence-corrected chi connectivity index (χ3v) is 4.20. The van der Waals surface area contributed by atoms with Crippen LogP contribution in [0.15, 0.2) is 12.2 Å². The van der Waals surface area contributed by atoms with Gasteiger partial charge in [-0.05, 0) is 5.92 Å². The molecule has 0 spiro atoms. The molecule has 0 radical (unpaired) electrons. The molecule has 0 bridgehead atoms. The summed E-state index contributed by atoms with van der Waals surface area (Å²) < 4.78 is 0. The van der Waals surface area contributed by atoms with E-state index >= 15 is 0 Å². The van der Waals surface area contributed by atoms with Crippen LogP contribution in [-0.2, 0) is 0 Å². The van der Waals surface area contributed by atoms with Crippen molar-refractivity contribution < 1.29 is 0 Å². The molecule has 52 valence electrons. The molecule has 0 aromatic carbocycles. The Kier molecular flexibility index (Phi) is 2.99. The summed E-state index contributed by atoms with van der Waals surface area (Å²) in [5.41, 5.74) is 0. The van der Waals surface area contributed by atoms with Crippen LogP contribution in [-0.4, -0.2) is 11.0 Å². The van der Waals surface area contributed by atoms with E-state index in [0.717, 1.165) is 11.2 Å². The molecule has 0 fully saturated rings. The molecule has 1 rings (SSSR count). The molecule has 0 aromatic rings. The second-order valence-corrected chi connectivity index (χ2v) is 5.11. The summed E-state index contributed by atoms with van der Waals surface area (Å²) in [5, 5.41) is 0.753. The van der Waals surface area contributed by atoms with Gasteiger partial charge in [-0.25, -0.2) is 0 Å². The summed E-state index contributed by atoms with van der Waals surface area (Å²) in [6.07, 6.45) is 4.59. The van der Waals surface area contributed by atoms with Gasteiger partial charge in [-0.15, -0.1) is 0 Å². The first kappa shape index (κ1) is 7.55. The maximum Gasteiger partial charge on any atom is 0.0354 e. The molecule has 1 heterocycles. The van der Waals surface area contributed by atoms with E-state index in [-0.39, 0.29) is 0 Å². The quantitative estimate of drug-likeness (QED) is 0.427. The van der Waals surface area contributed by atoms with Crippen LogP contribution in [0.2, 0.25) is 0 Å². The lowest BCUT2D eigenvalue weighted by Crippen LogP contribution is -2.08. The number of hydrogen-bond donors (Lipinski definition) is 0. The summed E-state index contributed by atoms with van der Waals surface area (Å²) >= 11 is 0. The van der Waals surface area contributed by atoms with E-state index in [2.05, 4.69) is 26.0 Å². The molecule has 0 aromatic heterocycles. The number of hydrogen-bond acceptors (Lipinski definition) is 2. The fraction of sp³-hybridized carbons (Fsp3) is 0.714. The second-order valence-electron chi connectivity index (χ2n) is 2.52.